The van der Waals surface area contributed by atoms with E-state index >= 15 is 0 Å². The van der Waals surface area contributed by atoms with Crippen LogP contribution in [0.1, 0.15) is 26.7 Å². The summed E-state index contributed by atoms with van der Waals surface area (Å²) in [6.07, 6.45) is 0.683. The van der Waals surface area contributed by atoms with Gasteiger partial charge in [0.25, 0.3) is 0 Å². The molecule has 0 aliphatic heterocycles. The number of nitrogens with one attached hydrogen (secondary N) is 1. The first-order valence-corrected chi connectivity index (χ1v) is 6.53. The third-order valence-corrected chi connectivity index (χ3v) is 3.58. The first kappa shape index (κ1) is 16.2. The minimum Gasteiger partial charge on any atom is -0.409 e. The summed E-state index contributed by atoms with van der Waals surface area (Å²) in [5.74, 6) is -1.21. The number of hydrogen-bond acceptors (Lipinski definition) is 3. The van der Waals surface area contributed by atoms with Crippen LogP contribution in [0.2, 0.25) is 5.02 Å². The Kier molecular flexibility index (Phi) is 5.33. The molecule has 0 fully saturated rings. The van der Waals surface area contributed by atoms with Gasteiger partial charge in [0.2, 0.25) is 5.91 Å². The number of nitrogens with two attached hydrogens (primary N) is 1. The lowest BCUT2D eigenvalue weighted by Gasteiger charge is -2.28. The Labute approximate surface area is 121 Å². The molecule has 0 aliphatic rings. The highest BCUT2D eigenvalue weighted by Crippen LogP contribution is 2.29. The fraction of sp³-hybridized carbons (Fsp3) is 0.385. The highest BCUT2D eigenvalue weighted by molar-refractivity contribution is 6.31. The summed E-state index contributed by atoms with van der Waals surface area (Å²) in [4.78, 5) is 12.4. The third-order valence-electron chi connectivity index (χ3n) is 3.36. The number of rotatable bonds is 5. The van der Waals surface area contributed by atoms with E-state index in [0.717, 1.165) is 12.1 Å². The molecule has 0 spiro atoms. The third kappa shape index (κ3) is 3.19. The van der Waals surface area contributed by atoms with Crippen molar-refractivity contribution in [1.82, 2.24) is 0 Å². The zero-order valence-electron chi connectivity index (χ0n) is 11.3. The highest BCUT2D eigenvalue weighted by atomic mass is 35.5. The number of carbonyl (C=O) groups is 1. The predicted octanol–water partition coefficient (Wildman–Crippen LogP) is 2.97. The standard InChI is InChI=1S/C13H17ClFN3O2/c1-3-13(4-2,11(16)18-20)12(19)17-10-6-8(14)5-9(15)7-10/h5-7,20H,3-4H2,1-2H3,(H2,16,18)(H,17,19). The lowest BCUT2D eigenvalue weighted by molar-refractivity contribution is -0.122. The van der Waals surface area contributed by atoms with Gasteiger partial charge in [0.1, 0.15) is 11.2 Å². The van der Waals surface area contributed by atoms with Crippen molar-refractivity contribution in [3.63, 3.8) is 0 Å². The van der Waals surface area contributed by atoms with Gasteiger partial charge in [0, 0.05) is 10.7 Å². The molecule has 1 aromatic rings. The van der Waals surface area contributed by atoms with Crippen LogP contribution in [-0.4, -0.2) is 17.0 Å². The number of anilines is 1. The molecule has 0 bridgehead atoms. The van der Waals surface area contributed by atoms with Gasteiger partial charge in [0.05, 0.1) is 0 Å². The van der Waals surface area contributed by atoms with Crippen LogP contribution >= 0.6 is 11.6 Å². The summed E-state index contributed by atoms with van der Waals surface area (Å²) < 4.78 is 13.2. The molecule has 1 rings (SSSR count). The van der Waals surface area contributed by atoms with Crippen molar-refractivity contribution in [1.29, 1.82) is 0 Å². The van der Waals surface area contributed by atoms with Gasteiger partial charge in [-0.05, 0) is 31.0 Å². The zero-order valence-corrected chi connectivity index (χ0v) is 12.0. The second kappa shape index (κ2) is 6.56. The summed E-state index contributed by atoms with van der Waals surface area (Å²) in [7, 11) is 0. The molecule has 20 heavy (non-hydrogen) atoms. The lowest BCUT2D eigenvalue weighted by Crippen LogP contribution is -2.46. The number of carbonyl (C=O) groups excluding carboxylic acids is 1. The molecular weight excluding hydrogens is 285 g/mol. The molecule has 110 valence electrons. The van der Waals surface area contributed by atoms with Crippen LogP contribution in [0.4, 0.5) is 10.1 Å². The number of benzene rings is 1. The molecule has 1 amide bonds. The second-order valence-electron chi connectivity index (χ2n) is 4.39. The Bertz CT molecular complexity index is 510. The fourth-order valence-corrected chi connectivity index (χ4v) is 2.24. The van der Waals surface area contributed by atoms with Gasteiger partial charge < -0.3 is 16.3 Å². The van der Waals surface area contributed by atoms with Gasteiger partial charge in [-0.15, -0.1) is 0 Å². The maximum atomic E-state index is 13.2. The van der Waals surface area contributed by atoms with Gasteiger partial charge in [0.15, 0.2) is 5.84 Å². The molecule has 0 saturated carbocycles. The number of amides is 1. The summed E-state index contributed by atoms with van der Waals surface area (Å²) in [6, 6.07) is 3.70. The van der Waals surface area contributed by atoms with Crippen LogP contribution in [0, 0.1) is 11.2 Å². The number of amidine groups is 1. The molecule has 0 aliphatic carbocycles. The van der Waals surface area contributed by atoms with E-state index < -0.39 is 17.1 Å². The number of halogens is 2. The van der Waals surface area contributed by atoms with Crippen LogP contribution in [0.3, 0.4) is 0 Å². The quantitative estimate of drug-likeness (QED) is 0.338. The normalized spacial score (nSPS) is 12.3. The van der Waals surface area contributed by atoms with E-state index in [1.54, 1.807) is 13.8 Å². The minimum absolute atomic E-state index is 0.169. The number of oxime groups is 1. The van der Waals surface area contributed by atoms with E-state index in [0.29, 0.717) is 12.8 Å². The Balaban J connectivity index is 3.09. The van der Waals surface area contributed by atoms with Crippen molar-refractivity contribution in [2.75, 3.05) is 5.32 Å². The Morgan fingerprint density at radius 2 is 2.05 bits per heavy atom. The highest BCUT2D eigenvalue weighted by Gasteiger charge is 2.39. The minimum atomic E-state index is -1.15. The fourth-order valence-electron chi connectivity index (χ4n) is 2.02. The Hall–Kier alpha value is -1.82. The van der Waals surface area contributed by atoms with Gasteiger partial charge in [-0.3, -0.25) is 4.79 Å². The van der Waals surface area contributed by atoms with E-state index in [2.05, 4.69) is 10.5 Å². The molecule has 0 radical (unpaired) electrons. The SMILES string of the molecule is CCC(CC)(C(=O)Nc1cc(F)cc(Cl)c1)/C(N)=N/O. The summed E-state index contributed by atoms with van der Waals surface area (Å²) in [6.45, 7) is 3.50. The van der Waals surface area contributed by atoms with E-state index in [4.69, 9.17) is 22.5 Å². The van der Waals surface area contributed by atoms with Crippen molar-refractivity contribution >= 4 is 29.0 Å². The molecule has 7 heteroatoms. The molecule has 5 nitrogen and oxygen atoms in total. The number of nitrogens with zero attached hydrogens (tertiary/aromatic N) is 1. The topological polar surface area (TPSA) is 87.7 Å². The first-order chi connectivity index (χ1) is 9.39. The maximum absolute atomic E-state index is 13.2. The summed E-state index contributed by atoms with van der Waals surface area (Å²) in [5.41, 5.74) is 4.70. The van der Waals surface area contributed by atoms with Crippen LogP contribution in [0.5, 0.6) is 0 Å². The van der Waals surface area contributed by atoms with Crippen LogP contribution in [0.25, 0.3) is 0 Å². The zero-order chi connectivity index (χ0) is 15.3. The van der Waals surface area contributed by atoms with Gasteiger partial charge in [-0.1, -0.05) is 30.6 Å². The van der Waals surface area contributed by atoms with Crippen LogP contribution < -0.4 is 11.1 Å². The lowest BCUT2D eigenvalue weighted by atomic mass is 9.80. The van der Waals surface area contributed by atoms with E-state index in [1.807, 2.05) is 0 Å². The van der Waals surface area contributed by atoms with Crippen LogP contribution in [0.15, 0.2) is 23.4 Å². The van der Waals surface area contributed by atoms with Crippen LogP contribution in [-0.2, 0) is 4.79 Å². The van der Waals surface area contributed by atoms with Crippen molar-refractivity contribution in [3.05, 3.63) is 29.0 Å². The van der Waals surface area contributed by atoms with Gasteiger partial charge in [-0.2, -0.15) is 0 Å². The Morgan fingerprint density at radius 3 is 2.50 bits per heavy atom. The second-order valence-corrected chi connectivity index (χ2v) is 4.82. The molecule has 0 saturated heterocycles. The average molecular weight is 302 g/mol. The maximum Gasteiger partial charge on any atom is 0.238 e. The summed E-state index contributed by atoms with van der Waals surface area (Å²) in [5, 5.41) is 14.5. The van der Waals surface area contributed by atoms with E-state index in [9.17, 15) is 9.18 Å². The smallest absolute Gasteiger partial charge is 0.238 e. The first-order valence-electron chi connectivity index (χ1n) is 6.15. The predicted molar refractivity (Wildman–Crippen MR) is 76.5 cm³/mol. The summed E-state index contributed by atoms with van der Waals surface area (Å²) >= 11 is 5.73. The van der Waals surface area contributed by atoms with Gasteiger partial charge in [-0.25, -0.2) is 4.39 Å². The molecule has 0 atom stereocenters. The van der Waals surface area contributed by atoms with E-state index in [-0.39, 0.29) is 16.5 Å². The number of hydrogen-bond donors (Lipinski definition) is 3. The average Bonchev–Trinajstić information content (AvgIpc) is 2.39. The molecule has 0 aromatic heterocycles. The molecule has 4 N–H and O–H groups in total. The molecular formula is C13H17ClFN3O2. The monoisotopic (exact) mass is 301 g/mol. The van der Waals surface area contributed by atoms with Crippen molar-refractivity contribution in [2.24, 2.45) is 16.3 Å². The van der Waals surface area contributed by atoms with Gasteiger partial charge >= 0.3 is 0 Å². The molecule has 0 unspecified atom stereocenters. The molecule has 0 heterocycles. The van der Waals surface area contributed by atoms with Crippen molar-refractivity contribution in [2.45, 2.75) is 26.7 Å². The van der Waals surface area contributed by atoms with Crippen molar-refractivity contribution < 1.29 is 14.4 Å². The van der Waals surface area contributed by atoms with Crippen molar-refractivity contribution in [3.8, 4) is 0 Å². The Morgan fingerprint density at radius 1 is 1.45 bits per heavy atom. The molecule has 1 aromatic carbocycles. The largest absolute Gasteiger partial charge is 0.409 e. The van der Waals surface area contributed by atoms with E-state index in [1.165, 1.54) is 6.07 Å².